The first-order valence-electron chi connectivity index (χ1n) is 10.2. The molecule has 1 aromatic heterocycles. The lowest BCUT2D eigenvalue weighted by Crippen LogP contribution is -2.10. The van der Waals surface area contributed by atoms with E-state index < -0.39 is 10.9 Å². The molecule has 5 rings (SSSR count). The molecule has 8 nitrogen and oxygen atoms in total. The second-order valence-corrected chi connectivity index (χ2v) is 8.28. The van der Waals surface area contributed by atoms with E-state index in [9.17, 15) is 14.9 Å². The second kappa shape index (κ2) is 9.08. The van der Waals surface area contributed by atoms with Crippen molar-refractivity contribution in [3.63, 3.8) is 0 Å². The molecule has 0 aliphatic heterocycles. The van der Waals surface area contributed by atoms with Crippen molar-refractivity contribution in [3.05, 3.63) is 106 Å². The number of nitro benzene ring substituents is 1. The van der Waals surface area contributed by atoms with Crippen molar-refractivity contribution < 1.29 is 14.5 Å². The fraction of sp³-hybridized carbons (Fsp3) is 0. The first-order chi connectivity index (χ1) is 16.6. The summed E-state index contributed by atoms with van der Waals surface area (Å²) < 4.78 is 6.67. The highest BCUT2D eigenvalue weighted by atomic mass is 32.1. The number of rotatable bonds is 6. The van der Waals surface area contributed by atoms with Gasteiger partial charge in [0.1, 0.15) is 5.75 Å². The minimum atomic E-state index is -0.701. The Morgan fingerprint density at radius 2 is 1.85 bits per heavy atom. The summed E-state index contributed by atoms with van der Waals surface area (Å²) in [5, 5.41) is 17.8. The number of aromatic nitrogens is 1. The number of nitro groups is 1. The first-order valence-corrected chi connectivity index (χ1v) is 11.0. The number of non-ortho nitro benzene ring substituents is 1. The largest absolute Gasteiger partial charge is 0.422 e. The summed E-state index contributed by atoms with van der Waals surface area (Å²) in [5.41, 5.74) is 4.30. The maximum Gasteiger partial charge on any atom is 0.343 e. The smallest absolute Gasteiger partial charge is 0.343 e. The minimum Gasteiger partial charge on any atom is -0.422 e. The van der Waals surface area contributed by atoms with E-state index in [0.717, 1.165) is 21.0 Å². The number of fused-ring (bicyclic) bond motifs is 2. The first kappa shape index (κ1) is 21.2. The zero-order valence-corrected chi connectivity index (χ0v) is 18.4. The summed E-state index contributed by atoms with van der Waals surface area (Å²) in [6.45, 7) is 0. The fourth-order valence-electron chi connectivity index (χ4n) is 3.48. The summed E-state index contributed by atoms with van der Waals surface area (Å²) in [6, 6.07) is 24.4. The Morgan fingerprint density at radius 3 is 2.71 bits per heavy atom. The third-order valence-corrected chi connectivity index (χ3v) is 6.01. The third kappa shape index (κ3) is 4.32. The third-order valence-electron chi connectivity index (χ3n) is 5.07. The van der Waals surface area contributed by atoms with Crippen molar-refractivity contribution in [1.82, 2.24) is 4.98 Å². The average molecular weight is 468 g/mol. The number of hydrogen-bond acceptors (Lipinski definition) is 8. The molecule has 0 spiro atoms. The minimum absolute atomic E-state index is 0.0813. The predicted octanol–water partition coefficient (Wildman–Crippen LogP) is 6.02. The van der Waals surface area contributed by atoms with Crippen LogP contribution < -0.4 is 10.2 Å². The fourth-order valence-corrected chi connectivity index (χ4v) is 4.29. The number of ether oxygens (including phenoxy) is 1. The maximum atomic E-state index is 12.8. The Bertz CT molecular complexity index is 1550. The molecule has 1 heterocycles. The number of para-hydroxylation sites is 1. The molecule has 0 radical (unpaired) electrons. The molecule has 0 atom stereocenters. The molecule has 9 heteroatoms. The van der Waals surface area contributed by atoms with Crippen molar-refractivity contribution in [2.45, 2.75) is 0 Å². The molecule has 0 aliphatic carbocycles. The molecule has 0 bridgehead atoms. The van der Waals surface area contributed by atoms with Gasteiger partial charge in [0.25, 0.3) is 5.69 Å². The van der Waals surface area contributed by atoms with Gasteiger partial charge < -0.3 is 4.74 Å². The van der Waals surface area contributed by atoms with E-state index in [0.29, 0.717) is 10.7 Å². The normalized spacial score (nSPS) is 11.2. The predicted molar refractivity (Wildman–Crippen MR) is 133 cm³/mol. The number of benzene rings is 4. The van der Waals surface area contributed by atoms with Crippen LogP contribution in [0.2, 0.25) is 0 Å². The van der Waals surface area contributed by atoms with E-state index in [2.05, 4.69) is 15.5 Å². The van der Waals surface area contributed by atoms with Crippen molar-refractivity contribution in [2.24, 2.45) is 5.10 Å². The van der Waals surface area contributed by atoms with Crippen molar-refractivity contribution in [1.29, 1.82) is 0 Å². The molecule has 0 saturated carbocycles. The molecular weight excluding hydrogens is 452 g/mol. The molecule has 4 aromatic carbocycles. The Balaban J connectivity index is 1.46. The molecular formula is C25H16N4O4S. The second-order valence-electron chi connectivity index (χ2n) is 7.25. The van der Waals surface area contributed by atoms with Crippen LogP contribution in [-0.2, 0) is 0 Å². The molecule has 1 N–H and O–H groups in total. The van der Waals surface area contributed by atoms with Crippen LogP contribution in [0, 0.1) is 10.1 Å². The Kier molecular flexibility index (Phi) is 5.67. The number of thiazole rings is 1. The molecule has 166 valence electrons. The van der Waals surface area contributed by atoms with Gasteiger partial charge in [0.2, 0.25) is 5.13 Å². The van der Waals surface area contributed by atoms with E-state index in [1.165, 1.54) is 35.6 Å². The van der Waals surface area contributed by atoms with Crippen LogP contribution in [0.15, 0.2) is 90.0 Å². The zero-order valence-electron chi connectivity index (χ0n) is 17.5. The lowest BCUT2D eigenvalue weighted by Gasteiger charge is -2.10. The van der Waals surface area contributed by atoms with Crippen LogP contribution in [0.3, 0.4) is 0 Å². The van der Waals surface area contributed by atoms with Crippen LogP contribution in [0.25, 0.3) is 21.0 Å². The van der Waals surface area contributed by atoms with E-state index in [4.69, 9.17) is 4.74 Å². The van der Waals surface area contributed by atoms with Gasteiger partial charge in [-0.15, -0.1) is 0 Å². The van der Waals surface area contributed by atoms with Crippen LogP contribution in [0.1, 0.15) is 15.9 Å². The van der Waals surface area contributed by atoms with Gasteiger partial charge in [0.05, 0.1) is 26.9 Å². The van der Waals surface area contributed by atoms with Gasteiger partial charge in [0, 0.05) is 17.7 Å². The standard InChI is InChI=1S/C25H16N4O4S/c30-24(17-7-5-8-18(14-17)29(31)32)33-22-13-12-16-6-1-2-9-19(16)20(22)15-26-28-25-27-21-10-3-4-11-23(21)34-25/h1-15H,(H,27,28). The van der Waals surface area contributed by atoms with Crippen LogP contribution in [-0.4, -0.2) is 22.1 Å². The van der Waals surface area contributed by atoms with Gasteiger partial charge in [-0.3, -0.25) is 15.5 Å². The number of esters is 1. The van der Waals surface area contributed by atoms with E-state index >= 15 is 0 Å². The van der Waals surface area contributed by atoms with Crippen molar-refractivity contribution >= 4 is 55.3 Å². The van der Waals surface area contributed by atoms with Crippen LogP contribution >= 0.6 is 11.3 Å². The van der Waals surface area contributed by atoms with E-state index in [1.54, 1.807) is 12.3 Å². The Labute approximate surface area is 197 Å². The summed E-state index contributed by atoms with van der Waals surface area (Å²) in [7, 11) is 0. The Morgan fingerprint density at radius 1 is 1.03 bits per heavy atom. The molecule has 34 heavy (non-hydrogen) atoms. The van der Waals surface area contributed by atoms with Gasteiger partial charge in [-0.05, 0) is 35.0 Å². The number of anilines is 1. The van der Waals surface area contributed by atoms with Gasteiger partial charge in [-0.25, -0.2) is 9.78 Å². The summed E-state index contributed by atoms with van der Waals surface area (Å²) in [5.74, 6) is -0.419. The molecule has 0 unspecified atom stereocenters. The van der Waals surface area contributed by atoms with Gasteiger partial charge >= 0.3 is 5.97 Å². The highest BCUT2D eigenvalue weighted by Gasteiger charge is 2.16. The maximum absolute atomic E-state index is 12.8. The number of carbonyl (C=O) groups is 1. The number of carbonyl (C=O) groups excluding carboxylic acids is 1. The highest BCUT2D eigenvalue weighted by Crippen LogP contribution is 2.29. The quantitative estimate of drug-likeness (QED) is 0.107. The molecule has 0 amide bonds. The summed E-state index contributed by atoms with van der Waals surface area (Å²) in [6.07, 6.45) is 1.57. The van der Waals surface area contributed by atoms with Crippen LogP contribution in [0.4, 0.5) is 10.8 Å². The molecule has 0 saturated heterocycles. The molecule has 0 fully saturated rings. The lowest BCUT2D eigenvalue weighted by atomic mass is 10.0. The van der Waals surface area contributed by atoms with Crippen molar-refractivity contribution in [2.75, 3.05) is 5.43 Å². The molecule has 0 aliphatic rings. The lowest BCUT2D eigenvalue weighted by molar-refractivity contribution is -0.384. The summed E-state index contributed by atoms with van der Waals surface area (Å²) in [4.78, 5) is 27.7. The highest BCUT2D eigenvalue weighted by molar-refractivity contribution is 7.22. The number of nitrogens with one attached hydrogen (secondary N) is 1. The van der Waals surface area contributed by atoms with Gasteiger partial charge in [0.15, 0.2) is 0 Å². The number of hydrazone groups is 1. The van der Waals surface area contributed by atoms with Crippen LogP contribution in [0.5, 0.6) is 5.75 Å². The SMILES string of the molecule is O=C(Oc1ccc2ccccc2c1C=NNc1nc2ccccc2s1)c1cccc([N+](=O)[O-])c1. The zero-order chi connectivity index (χ0) is 23.5. The average Bonchev–Trinajstić information content (AvgIpc) is 3.28. The van der Waals surface area contributed by atoms with Crippen molar-refractivity contribution in [3.8, 4) is 5.75 Å². The van der Waals surface area contributed by atoms with Gasteiger partial charge in [-0.2, -0.15) is 5.10 Å². The topological polar surface area (TPSA) is 107 Å². The molecule has 5 aromatic rings. The van der Waals surface area contributed by atoms with E-state index in [-0.39, 0.29) is 17.0 Å². The number of hydrogen-bond donors (Lipinski definition) is 1. The Hall–Kier alpha value is -4.63. The number of nitrogens with zero attached hydrogens (tertiary/aromatic N) is 3. The summed E-state index contributed by atoms with van der Waals surface area (Å²) >= 11 is 1.48. The van der Waals surface area contributed by atoms with Gasteiger partial charge in [-0.1, -0.05) is 59.9 Å². The monoisotopic (exact) mass is 468 g/mol. The van der Waals surface area contributed by atoms with E-state index in [1.807, 2.05) is 54.6 Å².